The molecule has 0 aromatic heterocycles. The number of amides is 2. The third kappa shape index (κ3) is 2.41. The topological polar surface area (TPSA) is 32.3 Å². The minimum Gasteiger partial charge on any atom is -0.338 e. The van der Waals surface area contributed by atoms with E-state index in [0.29, 0.717) is 11.3 Å². The van der Waals surface area contributed by atoms with E-state index >= 15 is 0 Å². The van der Waals surface area contributed by atoms with Crippen LogP contribution >= 0.6 is 11.8 Å². The van der Waals surface area contributed by atoms with E-state index in [1.54, 1.807) is 0 Å². The van der Waals surface area contributed by atoms with Crippen LogP contribution in [-0.4, -0.2) is 41.6 Å². The van der Waals surface area contributed by atoms with Crippen molar-refractivity contribution in [1.29, 1.82) is 0 Å². The van der Waals surface area contributed by atoms with Crippen molar-refractivity contribution in [1.82, 2.24) is 10.2 Å². The lowest BCUT2D eigenvalue weighted by Gasteiger charge is -2.41. The highest BCUT2D eigenvalue weighted by Gasteiger charge is 2.33. The summed E-state index contributed by atoms with van der Waals surface area (Å²) in [5.74, 6) is 0. The van der Waals surface area contributed by atoms with Gasteiger partial charge in [-0.3, -0.25) is 0 Å². The lowest BCUT2D eigenvalue weighted by Crippen LogP contribution is -2.55. The summed E-state index contributed by atoms with van der Waals surface area (Å²) in [7, 11) is 0. The Balaban J connectivity index is 2.02. The molecule has 2 atom stereocenters. The highest BCUT2D eigenvalue weighted by Crippen LogP contribution is 2.31. The monoisotopic (exact) mass is 228 g/mol. The molecule has 2 amide bonds. The van der Waals surface area contributed by atoms with Crippen LogP contribution in [0.15, 0.2) is 0 Å². The van der Waals surface area contributed by atoms with Crippen LogP contribution in [0.5, 0.6) is 0 Å². The predicted octanol–water partition coefficient (Wildman–Crippen LogP) is 2.08. The van der Waals surface area contributed by atoms with Gasteiger partial charge in [-0.05, 0) is 25.5 Å². The number of rotatable bonds is 2. The first-order valence-electron chi connectivity index (χ1n) is 5.90. The largest absolute Gasteiger partial charge is 0.338 e. The lowest BCUT2D eigenvalue weighted by atomic mass is 9.93. The van der Waals surface area contributed by atoms with Crippen LogP contribution in [0.3, 0.4) is 0 Å². The average Bonchev–Trinajstić information content (AvgIpc) is 2.30. The first kappa shape index (κ1) is 11.1. The van der Waals surface area contributed by atoms with Crippen molar-refractivity contribution in [2.45, 2.75) is 43.4 Å². The van der Waals surface area contributed by atoms with E-state index in [9.17, 15) is 4.79 Å². The second-order valence-electron chi connectivity index (χ2n) is 4.40. The number of urea groups is 1. The molecule has 1 aliphatic heterocycles. The van der Waals surface area contributed by atoms with Gasteiger partial charge in [0, 0.05) is 24.4 Å². The molecule has 1 saturated carbocycles. The molecule has 15 heavy (non-hydrogen) atoms. The van der Waals surface area contributed by atoms with Gasteiger partial charge in [0.1, 0.15) is 0 Å². The summed E-state index contributed by atoms with van der Waals surface area (Å²) in [5.41, 5.74) is 0. The second kappa shape index (κ2) is 5.10. The summed E-state index contributed by atoms with van der Waals surface area (Å²) in [4.78, 5) is 13.8. The van der Waals surface area contributed by atoms with Crippen molar-refractivity contribution in [3.8, 4) is 0 Å². The van der Waals surface area contributed by atoms with Gasteiger partial charge >= 0.3 is 6.03 Å². The number of nitrogens with one attached hydrogen (secondary N) is 1. The van der Waals surface area contributed by atoms with Crippen LogP contribution in [0.2, 0.25) is 0 Å². The van der Waals surface area contributed by atoms with Crippen molar-refractivity contribution in [3.63, 3.8) is 0 Å². The first-order valence-corrected chi connectivity index (χ1v) is 7.19. The number of carbonyl (C=O) groups excluding carboxylic acids is 1. The summed E-state index contributed by atoms with van der Waals surface area (Å²) >= 11 is 1.93. The lowest BCUT2D eigenvalue weighted by molar-refractivity contribution is 0.146. The van der Waals surface area contributed by atoms with Crippen molar-refractivity contribution >= 4 is 17.8 Å². The van der Waals surface area contributed by atoms with Gasteiger partial charge in [-0.1, -0.05) is 12.8 Å². The van der Waals surface area contributed by atoms with Crippen molar-refractivity contribution in [2.75, 3.05) is 19.3 Å². The van der Waals surface area contributed by atoms with E-state index in [0.717, 1.165) is 19.5 Å². The van der Waals surface area contributed by atoms with E-state index in [4.69, 9.17) is 0 Å². The summed E-state index contributed by atoms with van der Waals surface area (Å²) in [6, 6.07) is 0.640. The molecular weight excluding hydrogens is 208 g/mol. The van der Waals surface area contributed by atoms with E-state index in [1.165, 1.54) is 25.7 Å². The quantitative estimate of drug-likeness (QED) is 0.785. The Hall–Kier alpha value is -0.380. The third-order valence-corrected chi connectivity index (χ3v) is 4.64. The molecular formula is C11H20N2OS. The zero-order chi connectivity index (χ0) is 10.7. The summed E-state index contributed by atoms with van der Waals surface area (Å²) in [6.07, 6.45) is 8.35. The van der Waals surface area contributed by atoms with Crippen LogP contribution in [0, 0.1) is 0 Å². The smallest absolute Gasteiger partial charge is 0.317 e. The minimum absolute atomic E-state index is 0.159. The summed E-state index contributed by atoms with van der Waals surface area (Å²) < 4.78 is 0. The number of hydrogen-bond donors (Lipinski definition) is 1. The molecule has 86 valence electrons. The van der Waals surface area contributed by atoms with Gasteiger partial charge in [-0.15, -0.1) is 0 Å². The Bertz CT molecular complexity index is 235. The number of carbonyl (C=O) groups is 1. The van der Waals surface area contributed by atoms with Crippen LogP contribution in [0.4, 0.5) is 4.79 Å². The fourth-order valence-electron chi connectivity index (χ4n) is 2.67. The second-order valence-corrected chi connectivity index (χ2v) is 5.48. The maximum Gasteiger partial charge on any atom is 0.317 e. The number of hydrogen-bond acceptors (Lipinski definition) is 2. The molecule has 1 heterocycles. The average molecular weight is 228 g/mol. The molecule has 4 heteroatoms. The van der Waals surface area contributed by atoms with Crippen LogP contribution in [-0.2, 0) is 0 Å². The van der Waals surface area contributed by atoms with Crippen molar-refractivity contribution in [3.05, 3.63) is 0 Å². The summed E-state index contributed by atoms with van der Waals surface area (Å²) in [5, 5.41) is 3.61. The van der Waals surface area contributed by atoms with E-state index in [2.05, 4.69) is 16.5 Å². The van der Waals surface area contributed by atoms with Gasteiger partial charge in [0.15, 0.2) is 0 Å². The molecule has 2 aliphatic rings. The molecule has 1 aliphatic carbocycles. The zero-order valence-corrected chi connectivity index (χ0v) is 10.2. The van der Waals surface area contributed by atoms with Gasteiger partial charge in [0.25, 0.3) is 0 Å². The molecule has 0 aromatic rings. The maximum atomic E-state index is 11.8. The van der Waals surface area contributed by atoms with Crippen LogP contribution in [0.25, 0.3) is 0 Å². The molecule has 2 unspecified atom stereocenters. The van der Waals surface area contributed by atoms with E-state index < -0.39 is 0 Å². The van der Waals surface area contributed by atoms with Gasteiger partial charge in [0.05, 0.1) is 0 Å². The molecule has 3 nitrogen and oxygen atoms in total. The number of nitrogens with zero attached hydrogens (tertiary/aromatic N) is 1. The Morgan fingerprint density at radius 1 is 1.33 bits per heavy atom. The Labute approximate surface area is 96.0 Å². The van der Waals surface area contributed by atoms with Gasteiger partial charge < -0.3 is 10.2 Å². The molecule has 0 spiro atoms. The predicted molar refractivity (Wildman–Crippen MR) is 64.3 cm³/mol. The van der Waals surface area contributed by atoms with Gasteiger partial charge in [-0.25, -0.2) is 4.79 Å². The first-order chi connectivity index (χ1) is 7.33. The fourth-order valence-corrected chi connectivity index (χ4v) is 3.67. The minimum atomic E-state index is 0.159. The van der Waals surface area contributed by atoms with Crippen LogP contribution in [0.1, 0.15) is 32.1 Å². The highest BCUT2D eigenvalue weighted by atomic mass is 32.2. The number of thioether (sulfide) groups is 1. The van der Waals surface area contributed by atoms with Crippen LogP contribution < -0.4 is 5.32 Å². The van der Waals surface area contributed by atoms with Gasteiger partial charge in [-0.2, -0.15) is 11.8 Å². The highest BCUT2D eigenvalue weighted by molar-refractivity contribution is 7.99. The molecule has 0 radical (unpaired) electrons. The third-order valence-electron chi connectivity index (χ3n) is 3.48. The zero-order valence-electron chi connectivity index (χ0n) is 9.37. The normalized spacial score (nSPS) is 32.6. The molecule has 1 saturated heterocycles. The maximum absolute atomic E-state index is 11.8. The molecule has 2 fully saturated rings. The molecule has 0 aromatic carbocycles. The van der Waals surface area contributed by atoms with E-state index in [1.807, 2.05) is 11.8 Å². The SMILES string of the molecule is CSC1CCCCC1N1CCCNC1=O. The Morgan fingerprint density at radius 3 is 2.87 bits per heavy atom. The molecule has 1 N–H and O–H groups in total. The Morgan fingerprint density at radius 2 is 2.13 bits per heavy atom. The van der Waals surface area contributed by atoms with Crippen molar-refractivity contribution in [2.24, 2.45) is 0 Å². The summed E-state index contributed by atoms with van der Waals surface area (Å²) in [6.45, 7) is 1.81. The molecule has 2 rings (SSSR count). The molecule has 0 bridgehead atoms. The standard InChI is InChI=1S/C11H20N2OS/c1-15-10-6-3-2-5-9(10)13-8-4-7-12-11(13)14/h9-10H,2-8H2,1H3,(H,12,14). The fraction of sp³-hybridized carbons (Fsp3) is 0.909. The van der Waals surface area contributed by atoms with Crippen molar-refractivity contribution < 1.29 is 4.79 Å². The Kier molecular flexibility index (Phi) is 3.78. The van der Waals surface area contributed by atoms with E-state index in [-0.39, 0.29) is 6.03 Å². The van der Waals surface area contributed by atoms with Gasteiger partial charge in [0.2, 0.25) is 0 Å².